The summed E-state index contributed by atoms with van der Waals surface area (Å²) in [6.07, 6.45) is 0.598. The first-order chi connectivity index (χ1) is 12.2. The maximum atomic E-state index is 13.6. The van der Waals surface area contributed by atoms with Crippen LogP contribution >= 0.6 is 11.3 Å². The van der Waals surface area contributed by atoms with Gasteiger partial charge in [-0.15, -0.1) is 11.3 Å². The fourth-order valence-corrected chi connectivity index (χ4v) is 3.15. The first kappa shape index (κ1) is 17.1. The lowest BCUT2D eigenvalue weighted by Gasteiger charge is -2.04. The minimum absolute atomic E-state index is 0.0561. The van der Waals surface area contributed by atoms with Crippen LogP contribution in [0.15, 0.2) is 53.9 Å². The Kier molecular flexibility index (Phi) is 5.40. The molecule has 3 rings (SSSR count). The molecule has 25 heavy (non-hydrogen) atoms. The van der Waals surface area contributed by atoms with Gasteiger partial charge >= 0.3 is 0 Å². The zero-order valence-corrected chi connectivity index (χ0v) is 14.5. The third-order valence-electron chi connectivity index (χ3n) is 3.68. The van der Waals surface area contributed by atoms with E-state index in [4.69, 9.17) is 4.74 Å². The van der Waals surface area contributed by atoms with E-state index in [0.717, 1.165) is 22.0 Å². The first-order valence-electron chi connectivity index (χ1n) is 7.79. The third-order valence-corrected chi connectivity index (χ3v) is 4.59. The number of methoxy groups -OCH3 is 1. The molecule has 128 valence electrons. The summed E-state index contributed by atoms with van der Waals surface area (Å²) in [5.41, 5.74) is 1.96. The number of carbonyl (C=O) groups is 1. The zero-order valence-electron chi connectivity index (χ0n) is 13.7. The number of thiazole rings is 1. The molecular weight excluding hydrogens is 339 g/mol. The molecule has 0 saturated heterocycles. The van der Waals surface area contributed by atoms with Gasteiger partial charge in [-0.2, -0.15) is 0 Å². The normalized spacial score (nSPS) is 10.5. The van der Waals surface area contributed by atoms with Crippen molar-refractivity contribution >= 4 is 17.2 Å². The number of halogens is 1. The highest BCUT2D eigenvalue weighted by Crippen LogP contribution is 2.24. The molecule has 0 aliphatic rings. The summed E-state index contributed by atoms with van der Waals surface area (Å²) in [7, 11) is 1.63. The van der Waals surface area contributed by atoms with E-state index < -0.39 is 11.7 Å². The number of hydrogen-bond donors (Lipinski definition) is 1. The number of carbonyl (C=O) groups excluding carboxylic acids is 1. The minimum atomic E-state index is -0.518. The Labute approximate surface area is 149 Å². The van der Waals surface area contributed by atoms with Gasteiger partial charge in [0.05, 0.1) is 23.4 Å². The molecule has 0 unspecified atom stereocenters. The number of rotatable bonds is 6. The summed E-state index contributed by atoms with van der Waals surface area (Å²) in [5, 5.41) is 5.62. The highest BCUT2D eigenvalue weighted by molar-refractivity contribution is 7.09. The molecule has 0 saturated carbocycles. The summed E-state index contributed by atoms with van der Waals surface area (Å²) >= 11 is 1.54. The van der Waals surface area contributed by atoms with Crippen molar-refractivity contribution in [2.75, 3.05) is 13.7 Å². The molecule has 0 spiro atoms. The summed E-state index contributed by atoms with van der Waals surface area (Å²) in [6, 6.07) is 13.6. The number of ether oxygens (including phenoxy) is 1. The van der Waals surface area contributed by atoms with E-state index in [1.54, 1.807) is 19.2 Å². The number of hydrogen-bond acceptors (Lipinski definition) is 4. The fraction of sp³-hybridized carbons (Fsp3) is 0.158. The molecular formula is C19H17FN2O2S. The van der Waals surface area contributed by atoms with Crippen molar-refractivity contribution in [3.8, 4) is 17.0 Å². The Morgan fingerprint density at radius 3 is 2.68 bits per heavy atom. The van der Waals surface area contributed by atoms with Crippen LogP contribution in [-0.4, -0.2) is 24.5 Å². The van der Waals surface area contributed by atoms with Crippen LogP contribution in [0.3, 0.4) is 0 Å². The minimum Gasteiger partial charge on any atom is -0.497 e. The lowest BCUT2D eigenvalue weighted by molar-refractivity contribution is 0.0950. The van der Waals surface area contributed by atoms with E-state index in [-0.39, 0.29) is 5.56 Å². The maximum absolute atomic E-state index is 13.6. The number of nitrogens with zero attached hydrogens (tertiary/aromatic N) is 1. The predicted molar refractivity (Wildman–Crippen MR) is 96.5 cm³/mol. The molecule has 0 bridgehead atoms. The van der Waals surface area contributed by atoms with Crippen molar-refractivity contribution in [3.63, 3.8) is 0 Å². The lowest BCUT2D eigenvalue weighted by Crippen LogP contribution is -2.26. The van der Waals surface area contributed by atoms with Crippen molar-refractivity contribution in [1.29, 1.82) is 0 Å². The Morgan fingerprint density at radius 2 is 1.96 bits per heavy atom. The fourth-order valence-electron chi connectivity index (χ4n) is 2.34. The summed E-state index contributed by atoms with van der Waals surface area (Å²) in [4.78, 5) is 16.5. The molecule has 1 aromatic heterocycles. The van der Waals surface area contributed by atoms with Crippen LogP contribution in [0.4, 0.5) is 4.39 Å². The summed E-state index contributed by atoms with van der Waals surface area (Å²) in [6.45, 7) is 0.405. The highest BCUT2D eigenvalue weighted by Gasteiger charge is 2.10. The van der Waals surface area contributed by atoms with Crippen LogP contribution in [0.2, 0.25) is 0 Å². The predicted octanol–water partition coefficient (Wildman–Crippen LogP) is 3.93. The Balaban J connectivity index is 1.56. The van der Waals surface area contributed by atoms with Gasteiger partial charge in [-0.25, -0.2) is 9.37 Å². The van der Waals surface area contributed by atoms with E-state index in [0.29, 0.717) is 13.0 Å². The van der Waals surface area contributed by atoms with Crippen LogP contribution in [0.5, 0.6) is 5.75 Å². The van der Waals surface area contributed by atoms with Crippen molar-refractivity contribution in [1.82, 2.24) is 10.3 Å². The van der Waals surface area contributed by atoms with Gasteiger partial charge in [0.15, 0.2) is 0 Å². The smallest absolute Gasteiger partial charge is 0.254 e. The average molecular weight is 356 g/mol. The quantitative estimate of drug-likeness (QED) is 0.728. The first-order valence-corrected chi connectivity index (χ1v) is 8.67. The van der Waals surface area contributed by atoms with Crippen molar-refractivity contribution in [3.05, 3.63) is 70.3 Å². The highest BCUT2D eigenvalue weighted by atomic mass is 32.1. The third kappa shape index (κ3) is 4.22. The van der Waals surface area contributed by atoms with Gasteiger partial charge in [0, 0.05) is 23.9 Å². The zero-order chi connectivity index (χ0) is 17.6. The van der Waals surface area contributed by atoms with Gasteiger partial charge in [-0.1, -0.05) is 12.1 Å². The van der Waals surface area contributed by atoms with Gasteiger partial charge in [0.1, 0.15) is 11.6 Å². The topological polar surface area (TPSA) is 51.2 Å². The molecule has 0 aliphatic heterocycles. The molecule has 1 amide bonds. The molecule has 6 heteroatoms. The molecule has 3 aromatic rings. The number of benzene rings is 2. The monoisotopic (exact) mass is 356 g/mol. The van der Waals surface area contributed by atoms with Crippen molar-refractivity contribution < 1.29 is 13.9 Å². The second-order valence-corrected chi connectivity index (χ2v) is 6.28. The summed E-state index contributed by atoms with van der Waals surface area (Å²) in [5.74, 6) is -0.129. The molecule has 0 atom stereocenters. The van der Waals surface area contributed by atoms with Gasteiger partial charge in [0.2, 0.25) is 0 Å². The Bertz CT molecular complexity index is 862. The Morgan fingerprint density at radius 1 is 1.20 bits per heavy atom. The molecule has 1 heterocycles. The van der Waals surface area contributed by atoms with Crippen LogP contribution in [0, 0.1) is 5.82 Å². The van der Waals surface area contributed by atoms with Gasteiger partial charge in [0.25, 0.3) is 5.91 Å². The molecule has 0 aliphatic carbocycles. The SMILES string of the molecule is COc1ccc(-c2csc(CCNC(=O)c3ccccc3F)n2)cc1. The number of aromatic nitrogens is 1. The van der Waals surface area contributed by atoms with Gasteiger partial charge in [-0.05, 0) is 36.4 Å². The van der Waals surface area contributed by atoms with E-state index >= 15 is 0 Å². The standard InChI is InChI=1S/C19H17FN2O2S/c1-24-14-8-6-13(7-9-14)17-12-25-18(22-17)10-11-21-19(23)15-4-2-3-5-16(15)20/h2-9,12H,10-11H2,1H3,(H,21,23). The number of amides is 1. The maximum Gasteiger partial charge on any atom is 0.254 e. The van der Waals surface area contributed by atoms with E-state index in [2.05, 4.69) is 10.3 Å². The average Bonchev–Trinajstić information content (AvgIpc) is 3.11. The Hall–Kier alpha value is -2.73. The van der Waals surface area contributed by atoms with Gasteiger partial charge in [-0.3, -0.25) is 4.79 Å². The van der Waals surface area contributed by atoms with Crippen LogP contribution in [0.25, 0.3) is 11.3 Å². The number of nitrogens with one attached hydrogen (secondary N) is 1. The van der Waals surface area contributed by atoms with Crippen LogP contribution < -0.4 is 10.1 Å². The van der Waals surface area contributed by atoms with Gasteiger partial charge < -0.3 is 10.1 Å². The molecule has 1 N–H and O–H groups in total. The molecule has 0 radical (unpaired) electrons. The van der Waals surface area contributed by atoms with E-state index in [9.17, 15) is 9.18 Å². The second-order valence-electron chi connectivity index (χ2n) is 5.34. The largest absolute Gasteiger partial charge is 0.497 e. The van der Waals surface area contributed by atoms with E-state index in [1.165, 1.54) is 23.5 Å². The van der Waals surface area contributed by atoms with Crippen LogP contribution in [-0.2, 0) is 6.42 Å². The summed E-state index contributed by atoms with van der Waals surface area (Å²) < 4.78 is 18.7. The molecule has 2 aromatic carbocycles. The molecule has 0 fully saturated rings. The lowest BCUT2D eigenvalue weighted by atomic mass is 10.2. The second kappa shape index (κ2) is 7.90. The molecule has 4 nitrogen and oxygen atoms in total. The van der Waals surface area contributed by atoms with E-state index in [1.807, 2.05) is 29.6 Å². The van der Waals surface area contributed by atoms with Crippen LogP contribution in [0.1, 0.15) is 15.4 Å². The van der Waals surface area contributed by atoms with Crippen molar-refractivity contribution in [2.24, 2.45) is 0 Å². The van der Waals surface area contributed by atoms with Crippen molar-refractivity contribution in [2.45, 2.75) is 6.42 Å².